The molecule has 2 N–H and O–H groups in total. The van der Waals surface area contributed by atoms with Gasteiger partial charge in [-0.1, -0.05) is 31.5 Å². The number of hydrogen-bond donors (Lipinski definition) is 1. The first-order valence-electron chi connectivity index (χ1n) is 7.45. The lowest BCUT2D eigenvalue weighted by molar-refractivity contribution is 0.167. The van der Waals surface area contributed by atoms with Crippen molar-refractivity contribution in [3.05, 3.63) is 34.4 Å². The highest BCUT2D eigenvalue weighted by Gasteiger charge is 2.23. The number of hydrogen-bond acceptors (Lipinski definition) is 2. The molecular formula is C17H30N2. The second-order valence-electron chi connectivity index (χ2n) is 5.70. The van der Waals surface area contributed by atoms with E-state index < -0.39 is 0 Å². The van der Waals surface area contributed by atoms with Crippen molar-refractivity contribution in [2.75, 3.05) is 13.6 Å². The van der Waals surface area contributed by atoms with Gasteiger partial charge in [-0.05, 0) is 57.4 Å². The van der Waals surface area contributed by atoms with Crippen LogP contribution in [0.4, 0.5) is 0 Å². The Hall–Kier alpha value is -0.860. The third-order valence-corrected chi connectivity index (χ3v) is 4.30. The maximum atomic E-state index is 6.09. The Bertz CT molecular complexity index is 385. The van der Waals surface area contributed by atoms with E-state index in [0.717, 1.165) is 0 Å². The SMILES string of the molecule is CCC(CC)N(C)C(CN)c1c(C)cc(C)cc1C. The first-order chi connectivity index (χ1) is 8.96. The normalized spacial score (nSPS) is 13.3. The summed E-state index contributed by atoms with van der Waals surface area (Å²) >= 11 is 0. The standard InChI is InChI=1S/C17H30N2/c1-7-15(8-2)19(6)16(11-18)17-13(4)9-12(3)10-14(17)5/h9-10,15-16H,7-8,11,18H2,1-6H3. The van der Waals surface area contributed by atoms with Crippen LogP contribution in [0.1, 0.15) is 55.0 Å². The Kier molecular flexibility index (Phi) is 6.02. The molecule has 0 aromatic heterocycles. The van der Waals surface area contributed by atoms with Crippen molar-refractivity contribution < 1.29 is 0 Å². The number of aryl methyl sites for hydroxylation is 3. The zero-order chi connectivity index (χ0) is 14.6. The van der Waals surface area contributed by atoms with Crippen molar-refractivity contribution in [1.29, 1.82) is 0 Å². The van der Waals surface area contributed by atoms with E-state index in [0.29, 0.717) is 18.6 Å². The van der Waals surface area contributed by atoms with Gasteiger partial charge in [0.05, 0.1) is 0 Å². The number of benzene rings is 1. The molecule has 19 heavy (non-hydrogen) atoms. The molecule has 1 unspecified atom stereocenters. The number of nitrogens with two attached hydrogens (primary N) is 1. The monoisotopic (exact) mass is 262 g/mol. The molecule has 0 aliphatic rings. The number of likely N-dealkylation sites (N-methyl/N-ethyl adjacent to an activating group) is 1. The van der Waals surface area contributed by atoms with Gasteiger partial charge in [0.15, 0.2) is 0 Å². The molecule has 108 valence electrons. The summed E-state index contributed by atoms with van der Waals surface area (Å²) < 4.78 is 0. The van der Waals surface area contributed by atoms with Crippen LogP contribution in [-0.2, 0) is 0 Å². The molecule has 2 nitrogen and oxygen atoms in total. The Labute approximate surface area is 119 Å². The van der Waals surface area contributed by atoms with Crippen LogP contribution in [0.5, 0.6) is 0 Å². The summed E-state index contributed by atoms with van der Waals surface area (Å²) in [6.45, 7) is 11.8. The van der Waals surface area contributed by atoms with E-state index in [4.69, 9.17) is 5.73 Å². The molecule has 1 atom stereocenters. The van der Waals surface area contributed by atoms with Gasteiger partial charge in [-0.2, -0.15) is 0 Å². The number of nitrogens with zero attached hydrogens (tertiary/aromatic N) is 1. The summed E-state index contributed by atoms with van der Waals surface area (Å²) in [7, 11) is 2.22. The highest BCUT2D eigenvalue weighted by molar-refractivity contribution is 5.40. The summed E-state index contributed by atoms with van der Waals surface area (Å²) in [6, 6.07) is 5.47. The van der Waals surface area contributed by atoms with Gasteiger partial charge in [0.25, 0.3) is 0 Å². The fraction of sp³-hybridized carbons (Fsp3) is 0.647. The lowest BCUT2D eigenvalue weighted by Crippen LogP contribution is -2.38. The Morgan fingerprint density at radius 2 is 1.53 bits per heavy atom. The van der Waals surface area contributed by atoms with Crippen LogP contribution < -0.4 is 5.73 Å². The molecule has 0 fully saturated rings. The summed E-state index contributed by atoms with van der Waals surface area (Å²) in [4.78, 5) is 2.46. The van der Waals surface area contributed by atoms with Crippen LogP contribution in [0.15, 0.2) is 12.1 Å². The zero-order valence-electron chi connectivity index (χ0n) is 13.5. The molecule has 1 rings (SSSR count). The van der Waals surface area contributed by atoms with Gasteiger partial charge < -0.3 is 5.73 Å². The van der Waals surface area contributed by atoms with E-state index in [1.165, 1.54) is 35.1 Å². The molecule has 0 spiro atoms. The Morgan fingerprint density at radius 1 is 1.05 bits per heavy atom. The smallest absolute Gasteiger partial charge is 0.0475 e. The van der Waals surface area contributed by atoms with Crippen LogP contribution in [-0.4, -0.2) is 24.5 Å². The maximum absolute atomic E-state index is 6.09. The Balaban J connectivity index is 3.16. The molecule has 0 aliphatic heterocycles. The molecule has 0 bridgehead atoms. The third kappa shape index (κ3) is 3.58. The highest BCUT2D eigenvalue weighted by Crippen LogP contribution is 2.29. The minimum atomic E-state index is 0.325. The van der Waals surface area contributed by atoms with E-state index in [2.05, 4.69) is 58.7 Å². The topological polar surface area (TPSA) is 29.3 Å². The van der Waals surface area contributed by atoms with Crippen LogP contribution >= 0.6 is 0 Å². The highest BCUT2D eigenvalue weighted by atomic mass is 15.2. The lowest BCUT2D eigenvalue weighted by atomic mass is 9.92. The average Bonchev–Trinajstić information content (AvgIpc) is 2.34. The van der Waals surface area contributed by atoms with Gasteiger partial charge in [0.1, 0.15) is 0 Å². The van der Waals surface area contributed by atoms with Gasteiger partial charge in [-0.25, -0.2) is 0 Å². The van der Waals surface area contributed by atoms with Crippen LogP contribution in [0, 0.1) is 20.8 Å². The Morgan fingerprint density at radius 3 is 1.89 bits per heavy atom. The summed E-state index contributed by atoms with van der Waals surface area (Å²) in [5.74, 6) is 0. The largest absolute Gasteiger partial charge is 0.329 e. The van der Waals surface area contributed by atoms with Crippen LogP contribution in [0.2, 0.25) is 0 Å². The quantitative estimate of drug-likeness (QED) is 0.846. The molecule has 0 amide bonds. The van der Waals surface area contributed by atoms with E-state index in [9.17, 15) is 0 Å². The van der Waals surface area contributed by atoms with Crippen molar-refractivity contribution in [3.63, 3.8) is 0 Å². The molecule has 0 heterocycles. The van der Waals surface area contributed by atoms with Gasteiger partial charge in [-0.15, -0.1) is 0 Å². The van der Waals surface area contributed by atoms with Crippen LogP contribution in [0.3, 0.4) is 0 Å². The van der Waals surface area contributed by atoms with Crippen molar-refractivity contribution >= 4 is 0 Å². The van der Waals surface area contributed by atoms with Crippen molar-refractivity contribution in [2.45, 2.75) is 59.5 Å². The van der Waals surface area contributed by atoms with Crippen molar-refractivity contribution in [2.24, 2.45) is 5.73 Å². The van der Waals surface area contributed by atoms with Gasteiger partial charge in [-0.3, -0.25) is 4.90 Å². The second kappa shape index (κ2) is 7.06. The van der Waals surface area contributed by atoms with E-state index >= 15 is 0 Å². The summed E-state index contributed by atoms with van der Waals surface area (Å²) in [5.41, 5.74) is 11.6. The van der Waals surface area contributed by atoms with E-state index in [1.54, 1.807) is 0 Å². The molecule has 0 radical (unpaired) electrons. The summed E-state index contributed by atoms with van der Waals surface area (Å²) in [5, 5.41) is 0. The molecule has 1 aromatic carbocycles. The predicted octanol–water partition coefficient (Wildman–Crippen LogP) is 3.73. The van der Waals surface area contributed by atoms with Crippen LogP contribution in [0.25, 0.3) is 0 Å². The first-order valence-corrected chi connectivity index (χ1v) is 7.45. The van der Waals surface area contributed by atoms with Gasteiger partial charge in [0.2, 0.25) is 0 Å². The minimum absolute atomic E-state index is 0.325. The molecule has 0 aliphatic carbocycles. The first kappa shape index (κ1) is 16.2. The number of rotatable bonds is 6. The second-order valence-corrected chi connectivity index (χ2v) is 5.70. The fourth-order valence-corrected chi connectivity index (χ4v) is 3.32. The molecule has 2 heteroatoms. The summed E-state index contributed by atoms with van der Waals surface area (Å²) in [6.07, 6.45) is 2.35. The van der Waals surface area contributed by atoms with E-state index in [1.807, 2.05) is 0 Å². The van der Waals surface area contributed by atoms with Crippen molar-refractivity contribution in [1.82, 2.24) is 4.90 Å². The minimum Gasteiger partial charge on any atom is -0.329 e. The zero-order valence-corrected chi connectivity index (χ0v) is 13.5. The predicted molar refractivity (Wildman–Crippen MR) is 84.6 cm³/mol. The maximum Gasteiger partial charge on any atom is 0.0475 e. The molecular weight excluding hydrogens is 232 g/mol. The molecule has 0 saturated heterocycles. The third-order valence-electron chi connectivity index (χ3n) is 4.30. The fourth-order valence-electron chi connectivity index (χ4n) is 3.32. The lowest BCUT2D eigenvalue weighted by Gasteiger charge is -2.35. The van der Waals surface area contributed by atoms with Crippen molar-refractivity contribution in [3.8, 4) is 0 Å². The van der Waals surface area contributed by atoms with Gasteiger partial charge in [0, 0.05) is 18.6 Å². The van der Waals surface area contributed by atoms with E-state index in [-0.39, 0.29) is 0 Å². The molecule has 0 saturated carbocycles. The van der Waals surface area contributed by atoms with Gasteiger partial charge >= 0.3 is 0 Å². The molecule has 1 aromatic rings. The average molecular weight is 262 g/mol.